The summed E-state index contributed by atoms with van der Waals surface area (Å²) in [6.07, 6.45) is 1.75. The van der Waals surface area contributed by atoms with Gasteiger partial charge in [0.1, 0.15) is 11.7 Å². The zero-order valence-electron chi connectivity index (χ0n) is 14.0. The lowest BCUT2D eigenvalue weighted by Gasteiger charge is -2.22. The molecule has 0 atom stereocenters. The summed E-state index contributed by atoms with van der Waals surface area (Å²) in [5.74, 6) is -5.92. The van der Waals surface area contributed by atoms with Crippen LogP contribution >= 0.6 is 23.2 Å². The van der Waals surface area contributed by atoms with Crippen LogP contribution in [-0.4, -0.2) is 34.8 Å². The molecule has 0 aliphatic carbocycles. The first-order chi connectivity index (χ1) is 12.7. The normalized spacial score (nSPS) is 10.6. The summed E-state index contributed by atoms with van der Waals surface area (Å²) in [6.45, 7) is 1.57. The van der Waals surface area contributed by atoms with E-state index in [1.807, 2.05) is 0 Å². The fourth-order valence-electron chi connectivity index (χ4n) is 2.23. The van der Waals surface area contributed by atoms with Gasteiger partial charge in [0.25, 0.3) is 5.91 Å². The Morgan fingerprint density at radius 1 is 1.19 bits per heavy atom. The summed E-state index contributed by atoms with van der Waals surface area (Å²) in [5.41, 5.74) is -0.413. The summed E-state index contributed by atoms with van der Waals surface area (Å²) in [4.78, 5) is 29.7. The molecular formula is C17H14Cl2F3N3O2. The molecule has 1 aromatic heterocycles. The monoisotopic (exact) mass is 419 g/mol. The lowest BCUT2D eigenvalue weighted by Crippen LogP contribution is -2.38. The zero-order chi connectivity index (χ0) is 20.1. The molecule has 144 valence electrons. The van der Waals surface area contributed by atoms with Crippen LogP contribution < -0.4 is 5.32 Å². The maximum atomic E-state index is 13.7. The minimum atomic E-state index is -1.70. The quantitative estimate of drug-likeness (QED) is 0.560. The highest BCUT2D eigenvalue weighted by Crippen LogP contribution is 2.21. The number of nitrogens with one attached hydrogen (secondary N) is 1. The molecule has 0 aliphatic heterocycles. The van der Waals surface area contributed by atoms with Crippen LogP contribution in [-0.2, 0) is 4.79 Å². The van der Waals surface area contributed by atoms with Crippen molar-refractivity contribution < 1.29 is 22.8 Å². The third kappa shape index (κ3) is 5.11. The number of aromatic nitrogens is 1. The summed E-state index contributed by atoms with van der Waals surface area (Å²) in [5, 5.41) is 2.22. The first-order valence-electron chi connectivity index (χ1n) is 7.78. The van der Waals surface area contributed by atoms with Gasteiger partial charge >= 0.3 is 0 Å². The van der Waals surface area contributed by atoms with E-state index in [1.54, 1.807) is 6.92 Å². The predicted molar refractivity (Wildman–Crippen MR) is 95.4 cm³/mol. The van der Waals surface area contributed by atoms with Gasteiger partial charge in [0.2, 0.25) is 5.91 Å². The molecule has 0 spiro atoms. The van der Waals surface area contributed by atoms with Crippen molar-refractivity contribution in [3.8, 4) is 0 Å². The van der Waals surface area contributed by atoms with Gasteiger partial charge in [-0.3, -0.25) is 9.59 Å². The number of carbonyl (C=O) groups excluding carboxylic acids is 2. The standard InChI is InChI=1S/C17H14Cl2F3N3O2/c1-2-5-25(17(27)9-6-10(18)16(19)23-7-9)8-13(26)24-12-4-3-11(20)14(21)15(12)22/h3-4,6-7H,2,5,8H2,1H3,(H,24,26). The molecule has 0 saturated carbocycles. The van der Waals surface area contributed by atoms with Gasteiger partial charge in [-0.05, 0) is 24.6 Å². The Kier molecular flexibility index (Phi) is 7.04. The van der Waals surface area contributed by atoms with Crippen molar-refractivity contribution in [1.29, 1.82) is 0 Å². The average molecular weight is 420 g/mol. The van der Waals surface area contributed by atoms with Crippen molar-refractivity contribution in [1.82, 2.24) is 9.88 Å². The third-order valence-corrected chi connectivity index (χ3v) is 4.15. The third-order valence-electron chi connectivity index (χ3n) is 3.47. The minimum absolute atomic E-state index is 0.0295. The van der Waals surface area contributed by atoms with Gasteiger partial charge < -0.3 is 10.2 Å². The van der Waals surface area contributed by atoms with Crippen LogP contribution in [0.1, 0.15) is 23.7 Å². The highest BCUT2D eigenvalue weighted by Gasteiger charge is 2.21. The summed E-state index contributed by atoms with van der Waals surface area (Å²) < 4.78 is 39.9. The Hall–Kier alpha value is -2.32. The van der Waals surface area contributed by atoms with Crippen LogP contribution in [0.2, 0.25) is 10.2 Å². The van der Waals surface area contributed by atoms with E-state index in [-0.39, 0.29) is 22.3 Å². The maximum absolute atomic E-state index is 13.7. The lowest BCUT2D eigenvalue weighted by molar-refractivity contribution is -0.116. The lowest BCUT2D eigenvalue weighted by atomic mass is 10.2. The second-order valence-electron chi connectivity index (χ2n) is 5.49. The van der Waals surface area contributed by atoms with Gasteiger partial charge in [-0.2, -0.15) is 0 Å². The van der Waals surface area contributed by atoms with Crippen LogP contribution in [0.4, 0.5) is 18.9 Å². The largest absolute Gasteiger partial charge is 0.329 e. The Bertz CT molecular complexity index is 881. The van der Waals surface area contributed by atoms with Crippen molar-refractivity contribution >= 4 is 40.7 Å². The van der Waals surface area contributed by atoms with E-state index >= 15 is 0 Å². The predicted octanol–water partition coefficient (Wildman–Crippen LogP) is 4.30. The molecule has 0 bridgehead atoms. The summed E-state index contributed by atoms with van der Waals surface area (Å²) >= 11 is 11.6. The molecule has 0 unspecified atom stereocenters. The number of pyridine rings is 1. The molecule has 10 heteroatoms. The van der Waals surface area contributed by atoms with Crippen molar-refractivity contribution in [3.05, 3.63) is 57.6 Å². The van der Waals surface area contributed by atoms with Gasteiger partial charge in [-0.15, -0.1) is 0 Å². The fourth-order valence-corrected chi connectivity index (χ4v) is 2.50. The summed E-state index contributed by atoms with van der Waals surface area (Å²) in [7, 11) is 0. The van der Waals surface area contributed by atoms with Crippen molar-refractivity contribution in [2.75, 3.05) is 18.4 Å². The van der Waals surface area contributed by atoms with Crippen molar-refractivity contribution in [2.45, 2.75) is 13.3 Å². The van der Waals surface area contributed by atoms with Crippen LogP contribution in [0.3, 0.4) is 0 Å². The van der Waals surface area contributed by atoms with Gasteiger partial charge in [-0.25, -0.2) is 18.2 Å². The number of hydrogen-bond donors (Lipinski definition) is 1. The number of nitrogens with zero attached hydrogens (tertiary/aromatic N) is 2. The number of benzene rings is 1. The van der Waals surface area contributed by atoms with E-state index < -0.39 is 41.5 Å². The van der Waals surface area contributed by atoms with Gasteiger partial charge in [0.05, 0.1) is 16.3 Å². The fraction of sp³-hybridized carbons (Fsp3) is 0.235. The Morgan fingerprint density at radius 2 is 1.89 bits per heavy atom. The number of halogens is 5. The minimum Gasteiger partial charge on any atom is -0.329 e. The molecule has 1 aromatic carbocycles. The van der Waals surface area contributed by atoms with E-state index in [4.69, 9.17) is 23.2 Å². The second kappa shape index (κ2) is 9.05. The zero-order valence-corrected chi connectivity index (χ0v) is 15.5. The Labute approximate surface area is 163 Å². The molecule has 2 rings (SSSR count). The molecule has 0 saturated heterocycles. The second-order valence-corrected chi connectivity index (χ2v) is 6.26. The molecule has 0 radical (unpaired) electrons. The van der Waals surface area contributed by atoms with Gasteiger partial charge in [0, 0.05) is 12.7 Å². The topological polar surface area (TPSA) is 62.3 Å². The number of carbonyl (C=O) groups is 2. The number of rotatable bonds is 6. The molecule has 5 nitrogen and oxygen atoms in total. The van der Waals surface area contributed by atoms with Crippen molar-refractivity contribution in [3.63, 3.8) is 0 Å². The first kappa shape index (κ1) is 21.0. The molecule has 27 heavy (non-hydrogen) atoms. The van der Waals surface area contributed by atoms with E-state index in [0.717, 1.165) is 6.07 Å². The molecule has 2 amide bonds. The van der Waals surface area contributed by atoms with Crippen LogP contribution in [0.5, 0.6) is 0 Å². The van der Waals surface area contributed by atoms with Crippen molar-refractivity contribution in [2.24, 2.45) is 0 Å². The number of amides is 2. The first-order valence-corrected chi connectivity index (χ1v) is 8.53. The molecule has 1 heterocycles. The molecule has 0 aliphatic rings. The van der Waals surface area contributed by atoms with E-state index in [0.29, 0.717) is 12.5 Å². The SMILES string of the molecule is CCCN(CC(=O)Nc1ccc(F)c(F)c1F)C(=O)c1cnc(Cl)c(Cl)c1. The highest BCUT2D eigenvalue weighted by molar-refractivity contribution is 6.41. The average Bonchev–Trinajstić information content (AvgIpc) is 2.63. The van der Waals surface area contributed by atoms with Crippen LogP contribution in [0.15, 0.2) is 24.4 Å². The molecule has 1 N–H and O–H groups in total. The van der Waals surface area contributed by atoms with Gasteiger partial charge in [-0.1, -0.05) is 30.1 Å². The smallest absolute Gasteiger partial charge is 0.255 e. The number of anilines is 1. The molecular weight excluding hydrogens is 406 g/mol. The Morgan fingerprint density at radius 3 is 2.52 bits per heavy atom. The van der Waals surface area contributed by atoms with E-state index in [2.05, 4.69) is 10.3 Å². The van der Waals surface area contributed by atoms with E-state index in [1.165, 1.54) is 17.2 Å². The maximum Gasteiger partial charge on any atom is 0.255 e. The van der Waals surface area contributed by atoms with Crippen LogP contribution in [0.25, 0.3) is 0 Å². The molecule has 2 aromatic rings. The Balaban J connectivity index is 2.15. The van der Waals surface area contributed by atoms with Crippen LogP contribution in [0, 0.1) is 17.5 Å². The summed E-state index contributed by atoms with van der Waals surface area (Å²) in [6, 6.07) is 2.89. The van der Waals surface area contributed by atoms with Gasteiger partial charge in [0.15, 0.2) is 17.5 Å². The number of hydrogen-bond acceptors (Lipinski definition) is 3. The molecule has 0 fully saturated rings. The highest BCUT2D eigenvalue weighted by atomic mass is 35.5. The van der Waals surface area contributed by atoms with E-state index in [9.17, 15) is 22.8 Å².